The third-order valence-corrected chi connectivity index (χ3v) is 7.17. The Morgan fingerprint density at radius 2 is 1.36 bits per heavy atom. The Morgan fingerprint density at radius 1 is 0.711 bits per heavy atom. The first-order valence-corrected chi connectivity index (χ1v) is 15.6. The van der Waals surface area contributed by atoms with Crippen molar-refractivity contribution in [1.82, 2.24) is 0 Å². The molecule has 0 aliphatic heterocycles. The van der Waals surface area contributed by atoms with E-state index in [1.165, 1.54) is 44.8 Å². The molecule has 0 aromatic heterocycles. The van der Waals surface area contributed by atoms with E-state index in [0.717, 1.165) is 18.9 Å². The van der Waals surface area contributed by atoms with E-state index in [1.54, 1.807) is 43.3 Å². The molecule has 3 aromatic rings. The zero-order valence-corrected chi connectivity index (χ0v) is 26.6. The first-order chi connectivity index (χ1) is 21.8. The summed E-state index contributed by atoms with van der Waals surface area (Å²) in [6.07, 6.45) is 11.0. The molecule has 3 aromatic carbocycles. The Labute approximate surface area is 266 Å². The average Bonchev–Trinajstić information content (AvgIpc) is 3.05. The molecule has 0 saturated heterocycles. The molecule has 0 bridgehead atoms. The number of benzene rings is 3. The monoisotopic (exact) mass is 616 g/mol. The van der Waals surface area contributed by atoms with Gasteiger partial charge >= 0.3 is 17.9 Å². The van der Waals surface area contributed by atoms with E-state index in [1.807, 2.05) is 24.3 Å². The van der Waals surface area contributed by atoms with Crippen LogP contribution >= 0.6 is 0 Å². The predicted molar refractivity (Wildman–Crippen MR) is 173 cm³/mol. The van der Waals surface area contributed by atoms with Gasteiger partial charge in [0.05, 0.1) is 31.5 Å². The van der Waals surface area contributed by atoms with Crippen molar-refractivity contribution in [2.75, 3.05) is 20.3 Å². The molecule has 0 atom stereocenters. The maximum Gasteiger partial charge on any atom is 0.343 e. The van der Waals surface area contributed by atoms with Crippen LogP contribution in [0.5, 0.6) is 23.0 Å². The number of unbranched alkanes of at least 4 members (excludes halogenated alkanes) is 6. The molecule has 8 heteroatoms. The number of hydrogen-bond donors (Lipinski definition) is 0. The molecule has 0 spiro atoms. The molecule has 240 valence electrons. The fourth-order valence-corrected chi connectivity index (χ4v) is 4.58. The maximum atomic E-state index is 12.9. The molecule has 3 rings (SSSR count). The fraction of sp³-hybridized carbons (Fsp3) is 0.378. The lowest BCUT2D eigenvalue weighted by Crippen LogP contribution is -2.12. The molecule has 0 aliphatic rings. The van der Waals surface area contributed by atoms with E-state index >= 15 is 0 Å². The lowest BCUT2D eigenvalue weighted by Gasteiger charge is -2.13. The number of rotatable bonds is 19. The lowest BCUT2D eigenvalue weighted by molar-refractivity contribution is -0.137. The van der Waals surface area contributed by atoms with Crippen molar-refractivity contribution in [3.8, 4) is 23.0 Å². The summed E-state index contributed by atoms with van der Waals surface area (Å²) in [5.41, 5.74) is 2.47. The summed E-state index contributed by atoms with van der Waals surface area (Å²) in [6.45, 7) is 8.00. The quantitative estimate of drug-likeness (QED) is 0.0575. The van der Waals surface area contributed by atoms with Crippen LogP contribution in [-0.4, -0.2) is 38.2 Å². The van der Waals surface area contributed by atoms with Gasteiger partial charge in [-0.25, -0.2) is 14.4 Å². The smallest absolute Gasteiger partial charge is 0.343 e. The summed E-state index contributed by atoms with van der Waals surface area (Å²) in [7, 11) is 1.48. The van der Waals surface area contributed by atoms with Crippen molar-refractivity contribution >= 4 is 17.9 Å². The fourth-order valence-electron chi connectivity index (χ4n) is 4.58. The topological polar surface area (TPSA) is 97.4 Å². The summed E-state index contributed by atoms with van der Waals surface area (Å²) < 4.78 is 27.3. The van der Waals surface area contributed by atoms with Crippen LogP contribution in [0.25, 0.3) is 0 Å². The van der Waals surface area contributed by atoms with E-state index in [4.69, 9.17) is 23.7 Å². The van der Waals surface area contributed by atoms with Crippen molar-refractivity contribution in [2.24, 2.45) is 0 Å². The maximum absolute atomic E-state index is 12.9. The van der Waals surface area contributed by atoms with Crippen LogP contribution < -0.4 is 18.9 Å². The molecule has 0 amide bonds. The number of hydrogen-bond acceptors (Lipinski definition) is 8. The molecule has 8 nitrogen and oxygen atoms in total. The minimum Gasteiger partial charge on any atom is -0.493 e. The Kier molecular flexibility index (Phi) is 14.7. The molecular weight excluding hydrogens is 572 g/mol. The van der Waals surface area contributed by atoms with Crippen LogP contribution in [0.15, 0.2) is 73.3 Å². The van der Waals surface area contributed by atoms with E-state index in [-0.39, 0.29) is 12.2 Å². The number of methoxy groups -OCH3 is 1. The number of carbonyl (C=O) groups is 3. The second-order valence-electron chi connectivity index (χ2n) is 10.7. The SMILES string of the molecule is C=CC(=O)OCCCCOc1ccc(C(=O)Oc2ccc(C(=O)Oc3ccc(CCCCCCCC)cc3)cc2C)cc1OC. The minimum absolute atomic E-state index is 0.276. The van der Waals surface area contributed by atoms with E-state index in [9.17, 15) is 14.4 Å². The van der Waals surface area contributed by atoms with Gasteiger partial charge in [0, 0.05) is 6.08 Å². The van der Waals surface area contributed by atoms with Crippen molar-refractivity contribution in [1.29, 1.82) is 0 Å². The third kappa shape index (κ3) is 11.8. The van der Waals surface area contributed by atoms with E-state index < -0.39 is 17.9 Å². The predicted octanol–water partition coefficient (Wildman–Crippen LogP) is 8.23. The van der Waals surface area contributed by atoms with Crippen molar-refractivity contribution in [3.05, 3.63) is 95.6 Å². The molecule has 0 aliphatic carbocycles. The normalized spacial score (nSPS) is 10.6. The van der Waals surface area contributed by atoms with Gasteiger partial charge in [-0.3, -0.25) is 0 Å². The van der Waals surface area contributed by atoms with Crippen LogP contribution in [0.4, 0.5) is 0 Å². The van der Waals surface area contributed by atoms with Gasteiger partial charge in [0.1, 0.15) is 11.5 Å². The van der Waals surface area contributed by atoms with Crippen molar-refractivity contribution < 1.29 is 38.1 Å². The average molecular weight is 617 g/mol. The molecule has 0 radical (unpaired) electrons. The molecule has 0 unspecified atom stereocenters. The summed E-state index contributed by atoms with van der Waals surface area (Å²) in [4.78, 5) is 36.8. The lowest BCUT2D eigenvalue weighted by atomic mass is 10.0. The molecule has 0 N–H and O–H groups in total. The summed E-state index contributed by atoms with van der Waals surface area (Å²) in [5, 5.41) is 0. The van der Waals surface area contributed by atoms with Crippen LogP contribution in [0, 0.1) is 6.92 Å². The summed E-state index contributed by atoms with van der Waals surface area (Å²) in [6, 6.07) is 17.2. The summed E-state index contributed by atoms with van der Waals surface area (Å²) in [5.74, 6) is 0.142. The van der Waals surface area contributed by atoms with Gasteiger partial charge in [-0.2, -0.15) is 0 Å². The first kappa shape index (κ1) is 34.9. The van der Waals surface area contributed by atoms with Gasteiger partial charge in [0.2, 0.25) is 0 Å². The van der Waals surface area contributed by atoms with Gasteiger partial charge in [-0.15, -0.1) is 0 Å². The zero-order valence-electron chi connectivity index (χ0n) is 26.6. The number of esters is 3. The number of aryl methyl sites for hydroxylation is 2. The Balaban J connectivity index is 1.50. The molecule has 45 heavy (non-hydrogen) atoms. The van der Waals surface area contributed by atoms with Crippen molar-refractivity contribution in [3.63, 3.8) is 0 Å². The van der Waals surface area contributed by atoms with E-state index in [0.29, 0.717) is 53.6 Å². The number of ether oxygens (including phenoxy) is 5. The Morgan fingerprint density at radius 3 is 2.04 bits per heavy atom. The molecule has 0 heterocycles. The first-order valence-electron chi connectivity index (χ1n) is 15.6. The third-order valence-electron chi connectivity index (χ3n) is 7.17. The van der Waals surface area contributed by atoms with Crippen LogP contribution in [-0.2, 0) is 16.0 Å². The highest BCUT2D eigenvalue weighted by molar-refractivity contribution is 5.93. The van der Waals surface area contributed by atoms with Gasteiger partial charge in [-0.1, -0.05) is 57.7 Å². The van der Waals surface area contributed by atoms with Crippen LogP contribution in [0.2, 0.25) is 0 Å². The highest BCUT2D eigenvalue weighted by atomic mass is 16.5. The molecule has 0 saturated carbocycles. The minimum atomic E-state index is -0.580. The summed E-state index contributed by atoms with van der Waals surface area (Å²) >= 11 is 0. The van der Waals surface area contributed by atoms with Crippen LogP contribution in [0.1, 0.15) is 90.1 Å². The Bertz CT molecular complexity index is 1410. The van der Waals surface area contributed by atoms with Gasteiger partial charge in [0.15, 0.2) is 11.5 Å². The molecule has 0 fully saturated rings. The standard InChI is InChI=1S/C37H44O8/c1-5-7-8-9-10-11-14-28-15-19-31(20-16-28)44-36(39)29-17-21-32(27(3)25-29)45-37(40)30-18-22-33(34(26-30)41-4)42-23-12-13-24-43-35(38)6-2/h6,15-22,25-26H,2,5,7-14,23-24H2,1,3-4H3. The second-order valence-corrected chi connectivity index (χ2v) is 10.7. The van der Waals surface area contributed by atoms with Gasteiger partial charge in [-0.05, 0) is 92.3 Å². The molecular formula is C37H44O8. The highest BCUT2D eigenvalue weighted by Gasteiger charge is 2.16. The number of carbonyl (C=O) groups excluding carboxylic acids is 3. The second kappa shape index (κ2) is 18.9. The Hall–Kier alpha value is -4.59. The zero-order chi connectivity index (χ0) is 32.4. The highest BCUT2D eigenvalue weighted by Crippen LogP contribution is 2.29. The van der Waals surface area contributed by atoms with Gasteiger partial charge in [0.25, 0.3) is 0 Å². The van der Waals surface area contributed by atoms with Gasteiger partial charge < -0.3 is 23.7 Å². The van der Waals surface area contributed by atoms with Crippen molar-refractivity contribution in [2.45, 2.75) is 71.6 Å². The van der Waals surface area contributed by atoms with Crippen LogP contribution in [0.3, 0.4) is 0 Å². The largest absolute Gasteiger partial charge is 0.493 e. The van der Waals surface area contributed by atoms with E-state index in [2.05, 4.69) is 13.5 Å².